The molecular formula is C15H21FN2O3S. The SMILES string of the molecule is CC(C)C(=O)N1CCN(S(=O)(=O)Cc2ccc(F)cc2)CC1. The summed E-state index contributed by atoms with van der Waals surface area (Å²) >= 11 is 0. The van der Waals surface area contributed by atoms with Gasteiger partial charge >= 0.3 is 0 Å². The van der Waals surface area contributed by atoms with Crippen molar-refractivity contribution in [1.29, 1.82) is 0 Å². The van der Waals surface area contributed by atoms with Crippen molar-refractivity contribution in [1.82, 2.24) is 9.21 Å². The second-order valence-corrected chi connectivity index (χ2v) is 7.73. The van der Waals surface area contributed by atoms with E-state index in [4.69, 9.17) is 0 Å². The molecule has 7 heteroatoms. The first-order valence-electron chi connectivity index (χ1n) is 7.30. The summed E-state index contributed by atoms with van der Waals surface area (Å²) in [5.41, 5.74) is 0.557. The lowest BCUT2D eigenvalue weighted by atomic mass is 10.2. The molecule has 0 aromatic heterocycles. The van der Waals surface area contributed by atoms with Gasteiger partial charge in [0.05, 0.1) is 5.75 Å². The highest BCUT2D eigenvalue weighted by Crippen LogP contribution is 2.15. The predicted octanol–water partition coefficient (Wildman–Crippen LogP) is 1.46. The zero-order valence-corrected chi connectivity index (χ0v) is 13.6. The van der Waals surface area contributed by atoms with Crippen molar-refractivity contribution in [2.45, 2.75) is 19.6 Å². The predicted molar refractivity (Wildman–Crippen MR) is 82.0 cm³/mol. The fourth-order valence-electron chi connectivity index (χ4n) is 2.43. The number of benzene rings is 1. The standard InChI is InChI=1S/C15H21FN2O3S/c1-12(2)15(19)17-7-9-18(10-8-17)22(20,21)11-13-3-5-14(16)6-4-13/h3-6,12H,7-11H2,1-2H3. The molecule has 1 aromatic carbocycles. The summed E-state index contributed by atoms with van der Waals surface area (Å²) < 4.78 is 39.0. The quantitative estimate of drug-likeness (QED) is 0.841. The Hall–Kier alpha value is -1.47. The third kappa shape index (κ3) is 4.04. The number of carbonyl (C=O) groups excluding carboxylic acids is 1. The van der Waals surface area contributed by atoms with E-state index < -0.39 is 10.0 Å². The first kappa shape index (κ1) is 16.9. The van der Waals surface area contributed by atoms with E-state index in [1.54, 1.807) is 4.90 Å². The molecule has 1 amide bonds. The van der Waals surface area contributed by atoms with E-state index in [-0.39, 0.29) is 23.4 Å². The molecule has 0 saturated carbocycles. The average molecular weight is 328 g/mol. The number of carbonyl (C=O) groups is 1. The lowest BCUT2D eigenvalue weighted by Gasteiger charge is -2.34. The Balaban J connectivity index is 1.97. The second-order valence-electron chi connectivity index (χ2n) is 5.76. The van der Waals surface area contributed by atoms with Gasteiger partial charge in [-0.3, -0.25) is 4.79 Å². The topological polar surface area (TPSA) is 57.7 Å². The molecule has 0 N–H and O–H groups in total. The lowest BCUT2D eigenvalue weighted by molar-refractivity contribution is -0.135. The van der Waals surface area contributed by atoms with Crippen LogP contribution in [0.1, 0.15) is 19.4 Å². The lowest BCUT2D eigenvalue weighted by Crippen LogP contribution is -2.51. The summed E-state index contributed by atoms with van der Waals surface area (Å²) in [4.78, 5) is 13.6. The summed E-state index contributed by atoms with van der Waals surface area (Å²) in [6.07, 6.45) is 0. The van der Waals surface area contributed by atoms with Crippen LogP contribution in [0.3, 0.4) is 0 Å². The number of halogens is 1. The molecule has 1 aromatic rings. The average Bonchev–Trinajstić information content (AvgIpc) is 2.48. The Morgan fingerprint density at radius 2 is 1.68 bits per heavy atom. The highest BCUT2D eigenvalue weighted by atomic mass is 32.2. The Kier molecular flexibility index (Phi) is 5.18. The third-order valence-electron chi connectivity index (χ3n) is 3.70. The first-order valence-corrected chi connectivity index (χ1v) is 8.91. The first-order chi connectivity index (χ1) is 10.3. The Bertz CT molecular complexity index is 621. The van der Waals surface area contributed by atoms with Gasteiger partial charge in [-0.25, -0.2) is 12.8 Å². The van der Waals surface area contributed by atoms with E-state index in [1.165, 1.54) is 28.6 Å². The molecule has 1 fully saturated rings. The van der Waals surface area contributed by atoms with Crippen LogP contribution in [0.5, 0.6) is 0 Å². The Morgan fingerprint density at radius 1 is 1.14 bits per heavy atom. The van der Waals surface area contributed by atoms with Gasteiger partial charge in [-0.1, -0.05) is 26.0 Å². The molecule has 1 aliphatic heterocycles. The highest BCUT2D eigenvalue weighted by Gasteiger charge is 2.29. The number of sulfonamides is 1. The number of piperazine rings is 1. The minimum absolute atomic E-state index is 0.0515. The molecule has 0 bridgehead atoms. The normalized spacial score (nSPS) is 17.0. The number of hydrogen-bond acceptors (Lipinski definition) is 3. The fourth-order valence-corrected chi connectivity index (χ4v) is 3.95. The van der Waals surface area contributed by atoms with E-state index in [2.05, 4.69) is 0 Å². The van der Waals surface area contributed by atoms with E-state index in [9.17, 15) is 17.6 Å². The van der Waals surface area contributed by atoms with Gasteiger partial charge in [-0.05, 0) is 17.7 Å². The Labute approximate surface area is 130 Å². The molecule has 1 heterocycles. The molecule has 122 valence electrons. The minimum Gasteiger partial charge on any atom is -0.340 e. The molecule has 0 atom stereocenters. The maximum absolute atomic E-state index is 12.9. The second kappa shape index (κ2) is 6.75. The molecule has 1 aliphatic rings. The molecule has 1 saturated heterocycles. The monoisotopic (exact) mass is 328 g/mol. The molecular weight excluding hydrogens is 307 g/mol. The Morgan fingerprint density at radius 3 is 2.18 bits per heavy atom. The van der Waals surface area contributed by atoms with E-state index in [1.807, 2.05) is 13.8 Å². The largest absolute Gasteiger partial charge is 0.340 e. The van der Waals surface area contributed by atoms with Gasteiger partial charge in [-0.15, -0.1) is 0 Å². The van der Waals surface area contributed by atoms with E-state index in [0.29, 0.717) is 31.7 Å². The maximum Gasteiger partial charge on any atom is 0.225 e. The van der Waals surface area contributed by atoms with Crippen LogP contribution in [0.2, 0.25) is 0 Å². The summed E-state index contributed by atoms with van der Waals surface area (Å²) in [5.74, 6) is -0.564. The number of nitrogens with zero attached hydrogens (tertiary/aromatic N) is 2. The van der Waals surface area contributed by atoms with Crippen molar-refractivity contribution in [3.63, 3.8) is 0 Å². The van der Waals surface area contributed by atoms with Crippen LogP contribution >= 0.6 is 0 Å². The number of amides is 1. The molecule has 0 spiro atoms. The zero-order chi connectivity index (χ0) is 16.3. The van der Waals surface area contributed by atoms with Crippen molar-refractivity contribution in [3.8, 4) is 0 Å². The smallest absolute Gasteiger partial charge is 0.225 e. The van der Waals surface area contributed by atoms with Crippen molar-refractivity contribution in [2.24, 2.45) is 5.92 Å². The maximum atomic E-state index is 12.9. The number of hydrogen-bond donors (Lipinski definition) is 0. The van der Waals surface area contributed by atoms with Crippen LogP contribution < -0.4 is 0 Å². The summed E-state index contributed by atoms with van der Waals surface area (Å²) in [6, 6.07) is 5.46. The molecule has 22 heavy (non-hydrogen) atoms. The van der Waals surface area contributed by atoms with Gasteiger partial charge in [0.25, 0.3) is 0 Å². The van der Waals surface area contributed by atoms with E-state index >= 15 is 0 Å². The number of rotatable bonds is 4. The van der Waals surface area contributed by atoms with Gasteiger partial charge in [0.1, 0.15) is 5.82 Å². The van der Waals surface area contributed by atoms with Gasteiger partial charge in [0, 0.05) is 32.1 Å². The highest BCUT2D eigenvalue weighted by molar-refractivity contribution is 7.88. The molecule has 0 aliphatic carbocycles. The molecule has 5 nitrogen and oxygen atoms in total. The van der Waals surface area contributed by atoms with Gasteiger partial charge in [-0.2, -0.15) is 4.31 Å². The van der Waals surface area contributed by atoms with Crippen molar-refractivity contribution in [3.05, 3.63) is 35.6 Å². The van der Waals surface area contributed by atoms with Crippen LogP contribution in [0, 0.1) is 11.7 Å². The fraction of sp³-hybridized carbons (Fsp3) is 0.533. The van der Waals surface area contributed by atoms with Gasteiger partial charge in [0.2, 0.25) is 15.9 Å². The van der Waals surface area contributed by atoms with Crippen LogP contribution in [-0.2, 0) is 20.6 Å². The van der Waals surface area contributed by atoms with Crippen LogP contribution in [0.4, 0.5) is 4.39 Å². The third-order valence-corrected chi connectivity index (χ3v) is 5.55. The van der Waals surface area contributed by atoms with Crippen molar-refractivity contribution >= 4 is 15.9 Å². The molecule has 0 unspecified atom stereocenters. The zero-order valence-electron chi connectivity index (χ0n) is 12.8. The van der Waals surface area contributed by atoms with Crippen molar-refractivity contribution in [2.75, 3.05) is 26.2 Å². The molecule has 0 radical (unpaired) electrons. The van der Waals surface area contributed by atoms with E-state index in [0.717, 1.165) is 0 Å². The summed E-state index contributed by atoms with van der Waals surface area (Å²) in [6.45, 7) is 5.11. The molecule has 2 rings (SSSR count). The van der Waals surface area contributed by atoms with Crippen LogP contribution in [-0.4, -0.2) is 49.7 Å². The van der Waals surface area contributed by atoms with Crippen LogP contribution in [0.15, 0.2) is 24.3 Å². The van der Waals surface area contributed by atoms with Crippen LogP contribution in [0.25, 0.3) is 0 Å². The van der Waals surface area contributed by atoms with Gasteiger partial charge in [0.15, 0.2) is 0 Å². The van der Waals surface area contributed by atoms with Gasteiger partial charge < -0.3 is 4.90 Å². The van der Waals surface area contributed by atoms with Crippen molar-refractivity contribution < 1.29 is 17.6 Å². The summed E-state index contributed by atoms with van der Waals surface area (Å²) in [7, 11) is -3.45. The minimum atomic E-state index is -3.45. The summed E-state index contributed by atoms with van der Waals surface area (Å²) in [5, 5.41) is 0.